The van der Waals surface area contributed by atoms with Crippen LogP contribution < -0.4 is 10.6 Å². The molecule has 5 nitrogen and oxygen atoms in total. The first kappa shape index (κ1) is 20.3. The molecule has 2 aromatic heterocycles. The van der Waals surface area contributed by atoms with E-state index in [0.29, 0.717) is 17.3 Å². The van der Waals surface area contributed by atoms with Gasteiger partial charge in [-0.1, -0.05) is 44.5 Å². The zero-order valence-corrected chi connectivity index (χ0v) is 17.9. The summed E-state index contributed by atoms with van der Waals surface area (Å²) < 4.78 is 0. The first-order valence-corrected chi connectivity index (χ1v) is 10.2. The number of hydrogen-bond donors (Lipinski definition) is 2. The minimum atomic E-state index is -0.284. The lowest BCUT2D eigenvalue weighted by atomic mass is 9.98. The van der Waals surface area contributed by atoms with E-state index in [4.69, 9.17) is 16.6 Å². The molecule has 0 aliphatic rings. The molecule has 0 saturated heterocycles. The van der Waals surface area contributed by atoms with Crippen LogP contribution >= 0.6 is 22.9 Å². The van der Waals surface area contributed by atoms with Gasteiger partial charge in [0.25, 0.3) is 0 Å². The number of anilines is 1. The van der Waals surface area contributed by atoms with Gasteiger partial charge in [0.1, 0.15) is 0 Å². The average Bonchev–Trinajstić information content (AvgIpc) is 3.07. The van der Waals surface area contributed by atoms with Gasteiger partial charge in [0.2, 0.25) is 0 Å². The van der Waals surface area contributed by atoms with Gasteiger partial charge >= 0.3 is 6.03 Å². The van der Waals surface area contributed by atoms with E-state index in [1.807, 2.05) is 43.3 Å². The Morgan fingerprint density at radius 3 is 2.64 bits per heavy atom. The van der Waals surface area contributed by atoms with Crippen LogP contribution in [-0.4, -0.2) is 16.0 Å². The number of amides is 2. The molecule has 2 heterocycles. The highest BCUT2D eigenvalue weighted by Crippen LogP contribution is 2.35. The van der Waals surface area contributed by atoms with Crippen molar-refractivity contribution in [2.45, 2.75) is 39.7 Å². The molecule has 1 aromatic carbocycles. The highest BCUT2D eigenvalue weighted by atomic mass is 35.5. The van der Waals surface area contributed by atoms with Crippen LogP contribution in [0.15, 0.2) is 42.6 Å². The summed E-state index contributed by atoms with van der Waals surface area (Å²) in [5, 5.41) is 7.38. The second kappa shape index (κ2) is 8.29. The summed E-state index contributed by atoms with van der Waals surface area (Å²) in [4.78, 5) is 22.3. The molecule has 0 spiro atoms. The van der Waals surface area contributed by atoms with Gasteiger partial charge in [0.05, 0.1) is 34.0 Å². The zero-order valence-electron chi connectivity index (χ0n) is 16.3. The van der Waals surface area contributed by atoms with Gasteiger partial charge in [-0.3, -0.25) is 4.98 Å². The molecule has 3 rings (SSSR count). The number of urea groups is 1. The molecular formula is C21H23ClN4OS. The second-order valence-corrected chi connectivity index (χ2v) is 9.07. The molecule has 0 aliphatic carbocycles. The fourth-order valence-electron chi connectivity index (χ4n) is 2.53. The van der Waals surface area contributed by atoms with Crippen molar-refractivity contribution in [2.24, 2.45) is 0 Å². The third-order valence-electron chi connectivity index (χ3n) is 4.02. The Balaban J connectivity index is 1.79. The predicted molar refractivity (Wildman–Crippen MR) is 116 cm³/mol. The van der Waals surface area contributed by atoms with Crippen LogP contribution in [0.4, 0.5) is 10.5 Å². The van der Waals surface area contributed by atoms with Gasteiger partial charge in [-0.25, -0.2) is 9.78 Å². The fourth-order valence-corrected chi connectivity index (χ4v) is 3.80. The van der Waals surface area contributed by atoms with Gasteiger partial charge < -0.3 is 10.6 Å². The van der Waals surface area contributed by atoms with Gasteiger partial charge in [0, 0.05) is 21.7 Å². The van der Waals surface area contributed by atoms with E-state index >= 15 is 0 Å². The smallest absolute Gasteiger partial charge is 0.319 e. The van der Waals surface area contributed by atoms with Crippen LogP contribution in [0.2, 0.25) is 5.02 Å². The van der Waals surface area contributed by atoms with Crippen molar-refractivity contribution >= 4 is 34.7 Å². The Hall–Kier alpha value is -2.44. The molecule has 0 aliphatic heterocycles. The van der Waals surface area contributed by atoms with Crippen molar-refractivity contribution in [1.82, 2.24) is 15.3 Å². The van der Waals surface area contributed by atoms with E-state index in [2.05, 4.69) is 36.4 Å². The van der Waals surface area contributed by atoms with Crippen LogP contribution in [0.3, 0.4) is 0 Å². The Labute approximate surface area is 174 Å². The zero-order chi connectivity index (χ0) is 20.3. The number of pyridine rings is 1. The van der Waals surface area contributed by atoms with Crippen LogP contribution in [0, 0.1) is 6.92 Å². The Bertz CT molecular complexity index is 977. The minimum absolute atomic E-state index is 0.0773. The maximum atomic E-state index is 12.3. The van der Waals surface area contributed by atoms with Crippen molar-refractivity contribution in [1.29, 1.82) is 0 Å². The lowest BCUT2D eigenvalue weighted by molar-refractivity contribution is 0.252. The summed E-state index contributed by atoms with van der Waals surface area (Å²) in [6.07, 6.45) is 1.64. The lowest BCUT2D eigenvalue weighted by Gasteiger charge is -2.13. The number of carbonyl (C=O) groups is 1. The number of aromatic nitrogens is 2. The molecule has 0 radical (unpaired) electrons. The van der Waals surface area contributed by atoms with Gasteiger partial charge in [0.15, 0.2) is 0 Å². The highest BCUT2D eigenvalue weighted by Gasteiger charge is 2.22. The quantitative estimate of drug-likeness (QED) is 0.568. The number of benzene rings is 1. The molecule has 0 unspecified atom stereocenters. The molecule has 28 heavy (non-hydrogen) atoms. The van der Waals surface area contributed by atoms with Crippen molar-refractivity contribution in [3.8, 4) is 11.3 Å². The molecular weight excluding hydrogens is 392 g/mol. The summed E-state index contributed by atoms with van der Waals surface area (Å²) >= 11 is 7.77. The third-order valence-corrected chi connectivity index (χ3v) is 5.73. The predicted octanol–water partition coefficient (Wildman–Crippen LogP) is 5.79. The number of nitrogens with one attached hydrogen (secondary N) is 2. The summed E-state index contributed by atoms with van der Waals surface area (Å²) in [5.41, 5.74) is 3.27. The average molecular weight is 415 g/mol. The topological polar surface area (TPSA) is 66.9 Å². The van der Waals surface area contributed by atoms with E-state index in [1.165, 1.54) is 0 Å². The summed E-state index contributed by atoms with van der Waals surface area (Å²) in [5.74, 6) is 0. The lowest BCUT2D eigenvalue weighted by Crippen LogP contribution is -2.28. The number of aryl methyl sites for hydroxylation is 1. The van der Waals surface area contributed by atoms with Crippen LogP contribution in [-0.2, 0) is 12.0 Å². The van der Waals surface area contributed by atoms with Gasteiger partial charge in [-0.15, -0.1) is 11.3 Å². The van der Waals surface area contributed by atoms with E-state index < -0.39 is 0 Å². The van der Waals surface area contributed by atoms with Gasteiger partial charge in [-0.2, -0.15) is 0 Å². The van der Waals surface area contributed by atoms with Crippen molar-refractivity contribution in [3.63, 3.8) is 0 Å². The number of rotatable bonds is 4. The fraction of sp³-hybridized carbons (Fsp3) is 0.286. The SMILES string of the molecule is Cc1ccc(NC(=O)NCc2sc(C(C)(C)C)nc2-c2cccc(Cl)c2)cn1. The molecule has 2 amide bonds. The maximum Gasteiger partial charge on any atom is 0.319 e. The minimum Gasteiger partial charge on any atom is -0.333 e. The molecule has 0 bridgehead atoms. The molecule has 0 atom stereocenters. The van der Waals surface area contributed by atoms with Crippen molar-refractivity contribution in [3.05, 3.63) is 63.2 Å². The number of thiazole rings is 1. The Kier molecular flexibility index (Phi) is 6.01. The summed E-state index contributed by atoms with van der Waals surface area (Å²) in [7, 11) is 0. The largest absolute Gasteiger partial charge is 0.333 e. The molecule has 3 aromatic rings. The molecule has 0 fully saturated rings. The maximum absolute atomic E-state index is 12.3. The molecule has 0 saturated carbocycles. The monoisotopic (exact) mass is 414 g/mol. The van der Waals surface area contributed by atoms with E-state index in [0.717, 1.165) is 26.8 Å². The normalized spacial score (nSPS) is 11.3. The van der Waals surface area contributed by atoms with E-state index in [-0.39, 0.29) is 11.4 Å². The van der Waals surface area contributed by atoms with Crippen LogP contribution in [0.5, 0.6) is 0 Å². The third kappa shape index (κ3) is 5.09. The highest BCUT2D eigenvalue weighted by molar-refractivity contribution is 7.12. The molecule has 146 valence electrons. The Morgan fingerprint density at radius 1 is 1.21 bits per heavy atom. The summed E-state index contributed by atoms with van der Waals surface area (Å²) in [6.45, 7) is 8.66. The number of hydrogen-bond acceptors (Lipinski definition) is 4. The van der Waals surface area contributed by atoms with Crippen LogP contribution in [0.1, 0.15) is 36.3 Å². The molecule has 7 heteroatoms. The number of halogens is 1. The van der Waals surface area contributed by atoms with Gasteiger partial charge in [-0.05, 0) is 31.2 Å². The van der Waals surface area contributed by atoms with Crippen molar-refractivity contribution < 1.29 is 4.79 Å². The van der Waals surface area contributed by atoms with E-state index in [9.17, 15) is 4.79 Å². The Morgan fingerprint density at radius 2 is 2.00 bits per heavy atom. The second-order valence-electron chi connectivity index (χ2n) is 7.55. The molecule has 2 N–H and O–H groups in total. The number of nitrogens with zero attached hydrogens (tertiary/aromatic N) is 2. The summed E-state index contributed by atoms with van der Waals surface area (Å²) in [6, 6.07) is 11.0. The number of carbonyl (C=O) groups excluding carboxylic acids is 1. The van der Waals surface area contributed by atoms with Crippen molar-refractivity contribution in [2.75, 3.05) is 5.32 Å². The first-order valence-electron chi connectivity index (χ1n) is 8.96. The first-order chi connectivity index (χ1) is 13.2. The van der Waals surface area contributed by atoms with E-state index in [1.54, 1.807) is 17.5 Å². The van der Waals surface area contributed by atoms with Crippen LogP contribution in [0.25, 0.3) is 11.3 Å². The standard InChI is InChI=1S/C21H23ClN4OS/c1-13-8-9-16(11-23-13)25-20(27)24-12-17-18(14-6-5-7-15(22)10-14)26-19(28-17)21(2,3)4/h5-11H,12H2,1-4H3,(H2,24,25,27).